The molecule has 1 aromatic carbocycles. The Morgan fingerprint density at radius 1 is 1.32 bits per heavy atom. The molecule has 134 valence electrons. The van der Waals surface area contributed by atoms with Crippen LogP contribution >= 0.6 is 0 Å². The number of carbonyl (C=O) groups excluding carboxylic acids is 1. The van der Waals surface area contributed by atoms with Crippen molar-refractivity contribution in [1.29, 1.82) is 0 Å². The lowest BCUT2D eigenvalue weighted by Gasteiger charge is -2.29. The molecule has 1 amide bonds. The van der Waals surface area contributed by atoms with E-state index in [4.69, 9.17) is 9.15 Å². The maximum absolute atomic E-state index is 12.6. The molecular formula is C19H25N3O3. The Morgan fingerprint density at radius 3 is 2.84 bits per heavy atom. The third-order valence-corrected chi connectivity index (χ3v) is 4.60. The Bertz CT molecular complexity index is 728. The Labute approximate surface area is 148 Å². The van der Waals surface area contributed by atoms with Crippen LogP contribution in [0.1, 0.15) is 45.4 Å². The Kier molecular flexibility index (Phi) is 5.48. The average Bonchev–Trinajstić information content (AvgIpc) is 3.01. The van der Waals surface area contributed by atoms with Gasteiger partial charge >= 0.3 is 0 Å². The SMILES string of the molecule is Cc1nnc(-c2ccccc2NC(=O)[C@H](C)O[C@H]2CCC[C@@H](C)C2)o1. The quantitative estimate of drug-likeness (QED) is 0.889. The van der Waals surface area contributed by atoms with Crippen molar-refractivity contribution in [1.82, 2.24) is 10.2 Å². The summed E-state index contributed by atoms with van der Waals surface area (Å²) in [5.41, 5.74) is 1.35. The van der Waals surface area contributed by atoms with E-state index in [-0.39, 0.29) is 12.0 Å². The number of aryl methyl sites for hydroxylation is 1. The molecule has 0 aliphatic heterocycles. The van der Waals surface area contributed by atoms with Gasteiger partial charge in [0.05, 0.1) is 17.4 Å². The van der Waals surface area contributed by atoms with Gasteiger partial charge in [0.15, 0.2) is 0 Å². The van der Waals surface area contributed by atoms with Gasteiger partial charge in [-0.3, -0.25) is 4.79 Å². The first kappa shape index (κ1) is 17.6. The van der Waals surface area contributed by atoms with Crippen molar-refractivity contribution in [2.45, 2.75) is 58.7 Å². The second-order valence-corrected chi connectivity index (χ2v) is 6.83. The molecule has 1 heterocycles. The Hall–Kier alpha value is -2.21. The third-order valence-electron chi connectivity index (χ3n) is 4.60. The van der Waals surface area contributed by atoms with Crippen molar-refractivity contribution in [3.8, 4) is 11.5 Å². The average molecular weight is 343 g/mol. The topological polar surface area (TPSA) is 77.2 Å². The molecule has 6 nitrogen and oxygen atoms in total. The highest BCUT2D eigenvalue weighted by atomic mass is 16.5. The summed E-state index contributed by atoms with van der Waals surface area (Å²) in [5.74, 6) is 1.37. The van der Waals surface area contributed by atoms with Crippen LogP contribution in [0.2, 0.25) is 0 Å². The van der Waals surface area contributed by atoms with Crippen molar-refractivity contribution >= 4 is 11.6 Å². The highest BCUT2D eigenvalue weighted by Gasteiger charge is 2.24. The highest BCUT2D eigenvalue weighted by Crippen LogP contribution is 2.28. The van der Waals surface area contributed by atoms with Gasteiger partial charge in [-0.1, -0.05) is 31.9 Å². The fraction of sp³-hybridized carbons (Fsp3) is 0.526. The zero-order valence-corrected chi connectivity index (χ0v) is 15.0. The number of hydrogen-bond acceptors (Lipinski definition) is 5. The van der Waals surface area contributed by atoms with E-state index in [1.165, 1.54) is 12.8 Å². The number of nitrogens with one attached hydrogen (secondary N) is 1. The van der Waals surface area contributed by atoms with E-state index in [1.807, 2.05) is 24.3 Å². The standard InChI is InChI=1S/C19H25N3O3/c1-12-7-6-8-15(11-12)24-13(2)18(23)20-17-10-5-4-9-16(17)19-22-21-14(3)25-19/h4-5,9-10,12-13,15H,6-8,11H2,1-3H3,(H,20,23)/t12-,13+,15+/m1/s1. The molecule has 6 heteroatoms. The zero-order chi connectivity index (χ0) is 17.8. The maximum atomic E-state index is 12.6. The van der Waals surface area contributed by atoms with Gasteiger partial charge in [0.2, 0.25) is 11.8 Å². The minimum Gasteiger partial charge on any atom is -0.421 e. The van der Waals surface area contributed by atoms with Gasteiger partial charge in [-0.05, 0) is 37.8 Å². The summed E-state index contributed by atoms with van der Waals surface area (Å²) in [4.78, 5) is 12.6. The molecule has 3 atom stereocenters. The van der Waals surface area contributed by atoms with Crippen LogP contribution in [0, 0.1) is 12.8 Å². The summed E-state index contributed by atoms with van der Waals surface area (Å²) in [5, 5.41) is 10.8. The fourth-order valence-electron chi connectivity index (χ4n) is 3.27. The van der Waals surface area contributed by atoms with E-state index >= 15 is 0 Å². The van der Waals surface area contributed by atoms with Gasteiger partial charge < -0.3 is 14.5 Å². The van der Waals surface area contributed by atoms with Gasteiger partial charge in [-0.2, -0.15) is 0 Å². The summed E-state index contributed by atoms with van der Waals surface area (Å²) < 4.78 is 11.5. The van der Waals surface area contributed by atoms with Crippen LogP contribution in [0.25, 0.3) is 11.5 Å². The molecule has 3 rings (SSSR count). The van der Waals surface area contributed by atoms with Crippen LogP contribution in [-0.4, -0.2) is 28.3 Å². The Balaban J connectivity index is 1.66. The summed E-state index contributed by atoms with van der Waals surface area (Å²) in [6.45, 7) is 5.77. The molecule has 1 aromatic heterocycles. The highest BCUT2D eigenvalue weighted by molar-refractivity contribution is 5.97. The molecule has 0 bridgehead atoms. The molecule has 0 radical (unpaired) electrons. The number of aromatic nitrogens is 2. The van der Waals surface area contributed by atoms with Crippen LogP contribution in [0.5, 0.6) is 0 Å². The molecular weight excluding hydrogens is 318 g/mol. The number of hydrogen-bond donors (Lipinski definition) is 1. The lowest BCUT2D eigenvalue weighted by molar-refractivity contribution is -0.131. The summed E-state index contributed by atoms with van der Waals surface area (Å²) in [6, 6.07) is 7.39. The van der Waals surface area contributed by atoms with Crippen molar-refractivity contribution in [2.75, 3.05) is 5.32 Å². The van der Waals surface area contributed by atoms with Gasteiger partial charge in [0.1, 0.15) is 6.10 Å². The number of para-hydroxylation sites is 1. The predicted octanol–water partition coefficient (Wildman–Crippen LogP) is 3.97. The second-order valence-electron chi connectivity index (χ2n) is 6.83. The van der Waals surface area contributed by atoms with Crippen LogP contribution in [0.15, 0.2) is 28.7 Å². The smallest absolute Gasteiger partial charge is 0.253 e. The zero-order valence-electron chi connectivity index (χ0n) is 15.0. The lowest BCUT2D eigenvalue weighted by Crippen LogP contribution is -2.33. The van der Waals surface area contributed by atoms with E-state index in [1.54, 1.807) is 13.8 Å². The van der Waals surface area contributed by atoms with Crippen molar-refractivity contribution in [3.05, 3.63) is 30.2 Å². The van der Waals surface area contributed by atoms with Crippen LogP contribution in [0.4, 0.5) is 5.69 Å². The van der Waals surface area contributed by atoms with Crippen molar-refractivity contribution < 1.29 is 13.9 Å². The number of nitrogens with zero attached hydrogens (tertiary/aromatic N) is 2. The van der Waals surface area contributed by atoms with Crippen LogP contribution in [-0.2, 0) is 9.53 Å². The van der Waals surface area contributed by atoms with E-state index < -0.39 is 6.10 Å². The minimum absolute atomic E-state index is 0.165. The van der Waals surface area contributed by atoms with Crippen molar-refractivity contribution in [2.24, 2.45) is 5.92 Å². The monoisotopic (exact) mass is 343 g/mol. The molecule has 0 saturated heterocycles. The fourth-order valence-corrected chi connectivity index (χ4v) is 3.27. The van der Waals surface area contributed by atoms with E-state index in [2.05, 4.69) is 22.4 Å². The number of carbonyl (C=O) groups is 1. The number of amides is 1. The maximum Gasteiger partial charge on any atom is 0.253 e. The molecule has 1 fully saturated rings. The largest absolute Gasteiger partial charge is 0.421 e. The normalized spacial score (nSPS) is 21.7. The summed E-state index contributed by atoms with van der Waals surface area (Å²) >= 11 is 0. The van der Waals surface area contributed by atoms with Crippen LogP contribution < -0.4 is 5.32 Å². The lowest BCUT2D eigenvalue weighted by atomic mass is 9.88. The van der Waals surface area contributed by atoms with E-state index in [0.29, 0.717) is 29.0 Å². The molecule has 2 aromatic rings. The molecule has 0 spiro atoms. The summed E-state index contributed by atoms with van der Waals surface area (Å²) in [6.07, 6.45) is 4.12. The molecule has 0 unspecified atom stereocenters. The minimum atomic E-state index is -0.507. The molecule has 1 saturated carbocycles. The number of anilines is 1. The first-order valence-corrected chi connectivity index (χ1v) is 8.88. The summed E-state index contributed by atoms with van der Waals surface area (Å²) in [7, 11) is 0. The predicted molar refractivity (Wildman–Crippen MR) is 95.1 cm³/mol. The van der Waals surface area contributed by atoms with Crippen molar-refractivity contribution in [3.63, 3.8) is 0 Å². The van der Waals surface area contributed by atoms with E-state index in [0.717, 1.165) is 12.8 Å². The number of ether oxygens (including phenoxy) is 1. The molecule has 25 heavy (non-hydrogen) atoms. The molecule has 1 N–H and O–H groups in total. The Morgan fingerprint density at radius 2 is 2.12 bits per heavy atom. The van der Waals surface area contributed by atoms with Crippen LogP contribution in [0.3, 0.4) is 0 Å². The first-order chi connectivity index (χ1) is 12.0. The third kappa shape index (κ3) is 4.45. The van der Waals surface area contributed by atoms with Gasteiger partial charge in [0, 0.05) is 6.92 Å². The first-order valence-electron chi connectivity index (χ1n) is 8.88. The number of benzene rings is 1. The second kappa shape index (κ2) is 7.78. The molecule has 1 aliphatic carbocycles. The van der Waals surface area contributed by atoms with Gasteiger partial charge in [0.25, 0.3) is 5.91 Å². The number of rotatable bonds is 5. The van der Waals surface area contributed by atoms with Gasteiger partial charge in [-0.15, -0.1) is 10.2 Å². The van der Waals surface area contributed by atoms with Gasteiger partial charge in [-0.25, -0.2) is 0 Å². The van der Waals surface area contributed by atoms with E-state index in [9.17, 15) is 4.79 Å². The molecule has 1 aliphatic rings.